The van der Waals surface area contributed by atoms with Gasteiger partial charge in [0.15, 0.2) is 0 Å². The first kappa shape index (κ1) is 15.1. The lowest BCUT2D eigenvalue weighted by Crippen LogP contribution is -2.01. The minimum atomic E-state index is -0.158. The zero-order chi connectivity index (χ0) is 14.9. The van der Waals surface area contributed by atoms with Crippen LogP contribution in [0.3, 0.4) is 0 Å². The molecular weight excluding hydrogens is 264 g/mol. The van der Waals surface area contributed by atoms with Crippen LogP contribution in [-0.2, 0) is 13.0 Å². The monoisotopic (exact) mass is 282 g/mol. The Morgan fingerprint density at radius 1 is 0.905 bits per heavy atom. The summed E-state index contributed by atoms with van der Waals surface area (Å²) >= 11 is 0. The van der Waals surface area contributed by atoms with Crippen LogP contribution in [0.15, 0.2) is 48.5 Å². The summed E-state index contributed by atoms with van der Waals surface area (Å²) in [6, 6.07) is 15.4. The second-order valence-electron chi connectivity index (χ2n) is 4.49. The molecule has 108 valence electrons. The van der Waals surface area contributed by atoms with Crippen LogP contribution in [0.25, 0.3) is 0 Å². The highest BCUT2D eigenvalue weighted by atomic mass is 16.5. The number of aliphatic hydroxyl groups excluding tert-OH is 2. The van der Waals surface area contributed by atoms with Crippen LogP contribution in [0.2, 0.25) is 0 Å². The van der Waals surface area contributed by atoms with E-state index in [1.54, 1.807) is 0 Å². The van der Waals surface area contributed by atoms with E-state index in [9.17, 15) is 0 Å². The number of ether oxygens (including phenoxy) is 1. The van der Waals surface area contributed by atoms with Gasteiger partial charge in [-0.3, -0.25) is 0 Å². The van der Waals surface area contributed by atoms with Crippen molar-refractivity contribution in [1.82, 2.24) is 0 Å². The van der Waals surface area contributed by atoms with E-state index >= 15 is 0 Å². The van der Waals surface area contributed by atoms with Crippen molar-refractivity contribution >= 4 is 0 Å². The Hall–Kier alpha value is -2.28. The van der Waals surface area contributed by atoms with E-state index in [1.165, 1.54) is 0 Å². The first-order valence-electron chi connectivity index (χ1n) is 6.84. The molecule has 2 aromatic carbocycles. The smallest absolute Gasteiger partial charge is 0.123 e. The quantitative estimate of drug-likeness (QED) is 0.826. The van der Waals surface area contributed by atoms with Crippen LogP contribution in [0.4, 0.5) is 0 Å². The van der Waals surface area contributed by atoms with E-state index in [2.05, 4.69) is 11.8 Å². The van der Waals surface area contributed by atoms with E-state index in [0.29, 0.717) is 13.0 Å². The standard InChI is InChI=1S/C18H18O3/c19-12-5-9-15-6-1-2-8-17(15)14-21-18-10-4-3-7-16(18)11-13-20/h1-4,6-8,10,19-20H,11-14H2. The number of rotatable bonds is 5. The van der Waals surface area contributed by atoms with E-state index in [-0.39, 0.29) is 13.2 Å². The van der Waals surface area contributed by atoms with Crippen molar-refractivity contribution in [2.24, 2.45) is 0 Å². The summed E-state index contributed by atoms with van der Waals surface area (Å²) in [6.45, 7) is 0.339. The maximum atomic E-state index is 9.07. The third-order valence-electron chi connectivity index (χ3n) is 3.06. The number of benzene rings is 2. The molecule has 0 aromatic heterocycles. The van der Waals surface area contributed by atoms with Crippen molar-refractivity contribution in [2.75, 3.05) is 13.2 Å². The van der Waals surface area contributed by atoms with Gasteiger partial charge in [0, 0.05) is 17.7 Å². The normalized spacial score (nSPS) is 9.81. The van der Waals surface area contributed by atoms with Gasteiger partial charge in [-0.05, 0) is 24.1 Å². The van der Waals surface area contributed by atoms with Crippen molar-refractivity contribution in [3.8, 4) is 17.6 Å². The third-order valence-corrected chi connectivity index (χ3v) is 3.06. The molecule has 21 heavy (non-hydrogen) atoms. The van der Waals surface area contributed by atoms with Crippen molar-refractivity contribution in [3.05, 3.63) is 65.2 Å². The molecule has 0 saturated heterocycles. The van der Waals surface area contributed by atoms with Gasteiger partial charge in [0.1, 0.15) is 19.0 Å². The molecule has 0 heterocycles. The molecule has 3 nitrogen and oxygen atoms in total. The molecule has 0 aliphatic rings. The van der Waals surface area contributed by atoms with E-state index in [4.69, 9.17) is 14.9 Å². The third kappa shape index (κ3) is 4.35. The predicted octanol–water partition coefficient (Wildman–Crippen LogP) is 2.14. The molecule has 2 rings (SSSR count). The number of hydrogen-bond donors (Lipinski definition) is 2. The zero-order valence-electron chi connectivity index (χ0n) is 11.7. The highest BCUT2D eigenvalue weighted by molar-refractivity contribution is 5.41. The van der Waals surface area contributed by atoms with Gasteiger partial charge in [0.2, 0.25) is 0 Å². The summed E-state index contributed by atoms with van der Waals surface area (Å²) in [4.78, 5) is 0. The molecule has 2 aromatic rings. The molecule has 0 amide bonds. The summed E-state index contributed by atoms with van der Waals surface area (Å²) in [5.41, 5.74) is 2.81. The molecular formula is C18H18O3. The highest BCUT2D eigenvalue weighted by Crippen LogP contribution is 2.20. The van der Waals surface area contributed by atoms with Crippen LogP contribution >= 0.6 is 0 Å². The summed E-state index contributed by atoms with van der Waals surface area (Å²) in [5.74, 6) is 6.35. The first-order chi connectivity index (χ1) is 10.3. The van der Waals surface area contributed by atoms with Gasteiger partial charge in [-0.2, -0.15) is 0 Å². The second-order valence-corrected chi connectivity index (χ2v) is 4.49. The predicted molar refractivity (Wildman–Crippen MR) is 82.0 cm³/mol. The van der Waals surface area contributed by atoms with E-state index < -0.39 is 0 Å². The Morgan fingerprint density at radius 3 is 2.38 bits per heavy atom. The van der Waals surface area contributed by atoms with Gasteiger partial charge in [-0.15, -0.1) is 0 Å². The fourth-order valence-corrected chi connectivity index (χ4v) is 2.03. The Labute approximate surface area is 124 Å². The topological polar surface area (TPSA) is 49.7 Å². The molecule has 0 atom stereocenters. The molecule has 3 heteroatoms. The Bertz CT molecular complexity index is 638. The fourth-order valence-electron chi connectivity index (χ4n) is 2.03. The first-order valence-corrected chi connectivity index (χ1v) is 6.84. The number of para-hydroxylation sites is 1. The molecule has 0 aliphatic heterocycles. The number of aliphatic hydroxyl groups is 2. The summed E-state index contributed by atoms with van der Waals surface area (Å²) in [6.07, 6.45) is 0.572. The molecule has 0 saturated carbocycles. The van der Waals surface area contributed by atoms with Crippen LogP contribution in [0, 0.1) is 11.8 Å². The molecule has 0 unspecified atom stereocenters. The average Bonchev–Trinajstić information content (AvgIpc) is 2.53. The Kier molecular flexibility index (Phi) is 5.83. The summed E-state index contributed by atoms with van der Waals surface area (Å²) in [5, 5.41) is 17.9. The highest BCUT2D eigenvalue weighted by Gasteiger charge is 2.04. The van der Waals surface area contributed by atoms with Gasteiger partial charge in [0.25, 0.3) is 0 Å². The van der Waals surface area contributed by atoms with Gasteiger partial charge < -0.3 is 14.9 Å². The van der Waals surface area contributed by atoms with Crippen molar-refractivity contribution in [2.45, 2.75) is 13.0 Å². The lowest BCUT2D eigenvalue weighted by Gasteiger charge is -2.11. The van der Waals surface area contributed by atoms with Gasteiger partial charge in [-0.25, -0.2) is 0 Å². The lowest BCUT2D eigenvalue weighted by atomic mass is 10.1. The second kappa shape index (κ2) is 8.11. The Balaban J connectivity index is 2.13. The summed E-state index contributed by atoms with van der Waals surface area (Å²) < 4.78 is 5.85. The molecule has 0 bridgehead atoms. The molecule has 0 fully saturated rings. The molecule has 0 spiro atoms. The maximum Gasteiger partial charge on any atom is 0.123 e. The summed E-state index contributed by atoms with van der Waals surface area (Å²) in [7, 11) is 0. The fraction of sp³-hybridized carbons (Fsp3) is 0.222. The van der Waals surface area contributed by atoms with Gasteiger partial charge in [0.05, 0.1) is 0 Å². The van der Waals surface area contributed by atoms with E-state index in [0.717, 1.165) is 22.4 Å². The van der Waals surface area contributed by atoms with Crippen LogP contribution < -0.4 is 4.74 Å². The van der Waals surface area contributed by atoms with Crippen molar-refractivity contribution in [1.29, 1.82) is 0 Å². The minimum absolute atomic E-state index is 0.0962. The molecule has 0 aliphatic carbocycles. The SMILES string of the molecule is OCC#Cc1ccccc1COc1ccccc1CCO. The largest absolute Gasteiger partial charge is 0.489 e. The van der Waals surface area contributed by atoms with Gasteiger partial charge in [-0.1, -0.05) is 48.2 Å². The van der Waals surface area contributed by atoms with E-state index in [1.807, 2.05) is 48.5 Å². The maximum absolute atomic E-state index is 9.07. The average molecular weight is 282 g/mol. The lowest BCUT2D eigenvalue weighted by molar-refractivity contribution is 0.284. The molecule has 0 radical (unpaired) electrons. The number of hydrogen-bond acceptors (Lipinski definition) is 3. The zero-order valence-corrected chi connectivity index (χ0v) is 11.7. The van der Waals surface area contributed by atoms with Crippen LogP contribution in [0.1, 0.15) is 16.7 Å². The van der Waals surface area contributed by atoms with Crippen molar-refractivity contribution in [3.63, 3.8) is 0 Å². The Morgan fingerprint density at radius 2 is 1.62 bits per heavy atom. The van der Waals surface area contributed by atoms with Gasteiger partial charge >= 0.3 is 0 Å². The molecule has 2 N–H and O–H groups in total. The van der Waals surface area contributed by atoms with Crippen molar-refractivity contribution < 1.29 is 14.9 Å². The van der Waals surface area contributed by atoms with Crippen LogP contribution in [0.5, 0.6) is 5.75 Å². The van der Waals surface area contributed by atoms with Crippen LogP contribution in [-0.4, -0.2) is 23.4 Å². The minimum Gasteiger partial charge on any atom is -0.489 e.